The maximum Gasteiger partial charge on any atom is 0.250 e. The lowest BCUT2D eigenvalue weighted by atomic mass is 9.85. The third kappa shape index (κ3) is 4.43. The van der Waals surface area contributed by atoms with Gasteiger partial charge in [-0.25, -0.2) is 13.1 Å². The van der Waals surface area contributed by atoms with Crippen molar-refractivity contribution < 1.29 is 13.2 Å². The molecule has 2 saturated heterocycles. The number of thiophene rings is 1. The summed E-state index contributed by atoms with van der Waals surface area (Å²) >= 11 is 1.37. The predicted octanol–water partition coefficient (Wildman–Crippen LogP) is 1.39. The Morgan fingerprint density at radius 1 is 1.20 bits per heavy atom. The second-order valence-electron chi connectivity index (χ2n) is 7.03. The molecule has 6 nitrogen and oxygen atoms in total. The molecule has 2 aliphatic heterocycles. The minimum atomic E-state index is -3.44. The Balaban J connectivity index is 1.73. The zero-order valence-electron chi connectivity index (χ0n) is 15.2. The topological polar surface area (TPSA) is 61.9 Å². The van der Waals surface area contributed by atoms with Gasteiger partial charge in [-0.1, -0.05) is 6.92 Å². The van der Waals surface area contributed by atoms with Gasteiger partial charge in [0.15, 0.2) is 0 Å². The summed E-state index contributed by atoms with van der Waals surface area (Å²) in [5, 5.41) is 0. The van der Waals surface area contributed by atoms with E-state index in [4.69, 9.17) is 4.74 Å². The number of piperidine rings is 1. The third-order valence-corrected chi connectivity index (χ3v) is 8.56. The normalized spacial score (nSPS) is 23.0. The van der Waals surface area contributed by atoms with Crippen LogP contribution in [-0.2, 0) is 21.2 Å². The highest BCUT2D eigenvalue weighted by Crippen LogP contribution is 2.30. The maximum absolute atomic E-state index is 12.7. The van der Waals surface area contributed by atoms with Gasteiger partial charge in [-0.3, -0.25) is 4.90 Å². The van der Waals surface area contributed by atoms with Gasteiger partial charge in [-0.2, -0.15) is 0 Å². The molecular formula is C17H29N3O3S2. The van der Waals surface area contributed by atoms with E-state index >= 15 is 0 Å². The summed E-state index contributed by atoms with van der Waals surface area (Å²) in [6.45, 7) is 7.74. The molecule has 8 heteroatoms. The van der Waals surface area contributed by atoms with Gasteiger partial charge in [0, 0.05) is 30.1 Å². The number of rotatable bonds is 6. The zero-order chi connectivity index (χ0) is 17.9. The fourth-order valence-corrected chi connectivity index (χ4v) is 6.13. The van der Waals surface area contributed by atoms with Gasteiger partial charge in [0.1, 0.15) is 4.21 Å². The van der Waals surface area contributed by atoms with E-state index < -0.39 is 10.0 Å². The van der Waals surface area contributed by atoms with Crippen LogP contribution in [0.1, 0.15) is 24.6 Å². The van der Waals surface area contributed by atoms with Crippen molar-refractivity contribution in [2.45, 2.75) is 35.9 Å². The number of likely N-dealkylation sites (tertiary alicyclic amines) is 1. The summed E-state index contributed by atoms with van der Waals surface area (Å²) in [6, 6.07) is 3.63. The van der Waals surface area contributed by atoms with Crippen molar-refractivity contribution in [1.29, 1.82) is 0 Å². The number of hydrogen-bond acceptors (Lipinski definition) is 6. The number of aryl methyl sites for hydroxylation is 1. The molecular weight excluding hydrogens is 358 g/mol. The van der Waals surface area contributed by atoms with Crippen molar-refractivity contribution >= 4 is 21.4 Å². The minimum absolute atomic E-state index is 0.103. The second kappa shape index (κ2) is 8.02. The molecule has 0 bridgehead atoms. The second-order valence-corrected chi connectivity index (χ2v) is 10.2. The Labute approximate surface area is 155 Å². The van der Waals surface area contributed by atoms with Gasteiger partial charge in [-0.15, -0.1) is 11.3 Å². The lowest BCUT2D eigenvalue weighted by Gasteiger charge is -2.49. The molecule has 0 radical (unpaired) electrons. The van der Waals surface area contributed by atoms with Gasteiger partial charge < -0.3 is 9.64 Å². The molecule has 2 fully saturated rings. The molecule has 0 atom stereocenters. The first-order chi connectivity index (χ1) is 12.0. The van der Waals surface area contributed by atoms with Crippen LogP contribution in [0.25, 0.3) is 0 Å². The highest BCUT2D eigenvalue weighted by molar-refractivity contribution is 7.91. The van der Waals surface area contributed by atoms with Crippen LogP contribution in [0.4, 0.5) is 0 Å². The molecule has 0 saturated carbocycles. The number of morpholine rings is 1. The standard InChI is InChI=1S/C17H29N3O3S2/c1-3-15-4-5-16(24-15)25(21,22)18-14-17(6-8-19(2)9-7-17)20-10-12-23-13-11-20/h4-5,18H,3,6-14H2,1-2H3. The van der Waals surface area contributed by atoms with Crippen molar-refractivity contribution in [1.82, 2.24) is 14.5 Å². The van der Waals surface area contributed by atoms with Crippen molar-refractivity contribution in [2.75, 3.05) is 53.0 Å². The number of ether oxygens (including phenoxy) is 1. The monoisotopic (exact) mass is 387 g/mol. The summed E-state index contributed by atoms with van der Waals surface area (Å²) in [6.07, 6.45) is 2.83. The lowest BCUT2D eigenvalue weighted by Crippen LogP contribution is -2.62. The maximum atomic E-state index is 12.7. The Bertz CT molecular complexity index is 660. The molecule has 2 aliphatic rings. The van der Waals surface area contributed by atoms with Crippen LogP contribution in [0, 0.1) is 0 Å². The average molecular weight is 388 g/mol. The molecule has 1 aromatic heterocycles. The van der Waals surface area contributed by atoms with Crippen molar-refractivity contribution in [2.24, 2.45) is 0 Å². The van der Waals surface area contributed by atoms with Crippen LogP contribution in [-0.4, -0.2) is 76.7 Å². The highest BCUT2D eigenvalue weighted by Gasteiger charge is 2.40. The summed E-state index contributed by atoms with van der Waals surface area (Å²) in [7, 11) is -1.31. The van der Waals surface area contributed by atoms with Crippen LogP contribution in [0.2, 0.25) is 0 Å². The van der Waals surface area contributed by atoms with Gasteiger partial charge in [0.2, 0.25) is 10.0 Å². The summed E-state index contributed by atoms with van der Waals surface area (Å²) in [4.78, 5) is 5.86. The zero-order valence-corrected chi connectivity index (χ0v) is 16.8. The highest BCUT2D eigenvalue weighted by atomic mass is 32.2. The molecule has 3 heterocycles. The first kappa shape index (κ1) is 19.3. The van der Waals surface area contributed by atoms with Gasteiger partial charge in [-0.05, 0) is 51.5 Å². The molecule has 3 rings (SSSR count). The van der Waals surface area contributed by atoms with E-state index in [0.717, 1.165) is 63.5 Å². The minimum Gasteiger partial charge on any atom is -0.379 e. The van der Waals surface area contributed by atoms with E-state index in [1.165, 1.54) is 11.3 Å². The first-order valence-corrected chi connectivity index (χ1v) is 11.3. The average Bonchev–Trinajstić information content (AvgIpc) is 3.13. The van der Waals surface area contributed by atoms with Crippen molar-refractivity contribution in [3.05, 3.63) is 17.0 Å². The number of sulfonamides is 1. The van der Waals surface area contributed by atoms with E-state index in [2.05, 4.69) is 21.6 Å². The molecule has 0 aliphatic carbocycles. The van der Waals surface area contributed by atoms with Gasteiger partial charge in [0.25, 0.3) is 0 Å². The lowest BCUT2D eigenvalue weighted by molar-refractivity contribution is -0.0427. The third-order valence-electron chi connectivity index (χ3n) is 5.44. The number of nitrogens with zero attached hydrogens (tertiary/aromatic N) is 2. The van der Waals surface area contributed by atoms with Crippen LogP contribution >= 0.6 is 11.3 Å². The Morgan fingerprint density at radius 2 is 1.88 bits per heavy atom. The summed E-state index contributed by atoms with van der Waals surface area (Å²) in [5.74, 6) is 0. The summed E-state index contributed by atoms with van der Waals surface area (Å²) < 4.78 is 34.3. The number of nitrogens with one attached hydrogen (secondary N) is 1. The molecule has 1 N–H and O–H groups in total. The molecule has 142 valence electrons. The van der Waals surface area contributed by atoms with Crippen LogP contribution in [0.3, 0.4) is 0 Å². The Hall–Kier alpha value is -0.510. The van der Waals surface area contributed by atoms with Crippen LogP contribution < -0.4 is 4.72 Å². The van der Waals surface area contributed by atoms with Crippen LogP contribution in [0.5, 0.6) is 0 Å². The van der Waals surface area contributed by atoms with Crippen molar-refractivity contribution in [3.63, 3.8) is 0 Å². The van der Waals surface area contributed by atoms with E-state index in [0.29, 0.717) is 10.8 Å². The van der Waals surface area contributed by atoms with E-state index in [1.807, 2.05) is 13.0 Å². The number of hydrogen-bond donors (Lipinski definition) is 1. The quantitative estimate of drug-likeness (QED) is 0.799. The van der Waals surface area contributed by atoms with Crippen LogP contribution in [0.15, 0.2) is 16.3 Å². The first-order valence-electron chi connectivity index (χ1n) is 9.05. The van der Waals surface area contributed by atoms with E-state index in [9.17, 15) is 8.42 Å². The molecule has 0 amide bonds. The molecule has 0 spiro atoms. The molecule has 1 aromatic rings. The SMILES string of the molecule is CCc1ccc(S(=O)(=O)NCC2(N3CCOCC3)CCN(C)CC2)s1. The Kier molecular flexibility index (Phi) is 6.18. The predicted molar refractivity (Wildman–Crippen MR) is 101 cm³/mol. The van der Waals surface area contributed by atoms with E-state index in [1.54, 1.807) is 6.07 Å². The fourth-order valence-electron chi connectivity index (χ4n) is 3.67. The van der Waals surface area contributed by atoms with Crippen molar-refractivity contribution in [3.8, 4) is 0 Å². The van der Waals surface area contributed by atoms with Gasteiger partial charge in [0.05, 0.1) is 13.2 Å². The van der Waals surface area contributed by atoms with Gasteiger partial charge >= 0.3 is 0 Å². The molecule has 0 unspecified atom stereocenters. The van der Waals surface area contributed by atoms with E-state index in [-0.39, 0.29) is 5.54 Å². The smallest absolute Gasteiger partial charge is 0.250 e. The summed E-state index contributed by atoms with van der Waals surface area (Å²) in [5.41, 5.74) is -0.103. The molecule has 25 heavy (non-hydrogen) atoms. The Morgan fingerprint density at radius 3 is 2.48 bits per heavy atom. The largest absolute Gasteiger partial charge is 0.379 e. The fraction of sp³-hybridized carbons (Fsp3) is 0.765. The molecule has 0 aromatic carbocycles.